The van der Waals surface area contributed by atoms with E-state index in [0.717, 1.165) is 24.3 Å². The highest BCUT2D eigenvalue weighted by atomic mass is 19.1. The highest BCUT2D eigenvalue weighted by molar-refractivity contribution is 5.94. The van der Waals surface area contributed by atoms with E-state index < -0.39 is 0 Å². The smallest absolute Gasteiger partial charge is 0.251 e. The van der Waals surface area contributed by atoms with Gasteiger partial charge in [0.25, 0.3) is 5.91 Å². The van der Waals surface area contributed by atoms with Gasteiger partial charge in [0.05, 0.1) is 0 Å². The molecule has 122 valence electrons. The molecule has 0 atom stereocenters. The van der Waals surface area contributed by atoms with Crippen LogP contribution in [0.3, 0.4) is 0 Å². The lowest BCUT2D eigenvalue weighted by atomic mass is 10.1. The second-order valence-corrected chi connectivity index (χ2v) is 5.35. The third kappa shape index (κ3) is 4.81. The van der Waals surface area contributed by atoms with Crippen LogP contribution in [0.5, 0.6) is 0 Å². The summed E-state index contributed by atoms with van der Waals surface area (Å²) in [6.07, 6.45) is 0.684. The molecule has 0 aliphatic rings. The molecule has 0 fully saturated rings. The maximum atomic E-state index is 12.8. The first-order chi connectivity index (χ1) is 11.1. The number of hydrogen-bond donors (Lipinski definition) is 1. The Morgan fingerprint density at radius 3 is 2.17 bits per heavy atom. The topological polar surface area (TPSA) is 32.3 Å². The van der Waals surface area contributed by atoms with Crippen LogP contribution in [0.1, 0.15) is 29.8 Å². The minimum absolute atomic E-state index is 0.0850. The summed E-state index contributed by atoms with van der Waals surface area (Å²) in [6, 6.07) is 14.0. The maximum Gasteiger partial charge on any atom is 0.251 e. The van der Waals surface area contributed by atoms with Crippen molar-refractivity contribution in [1.29, 1.82) is 0 Å². The second-order valence-electron chi connectivity index (χ2n) is 5.35. The number of nitrogens with one attached hydrogen (secondary N) is 1. The Bertz CT molecular complexity index is 619. The molecule has 1 N–H and O–H groups in total. The zero-order valence-electron chi connectivity index (χ0n) is 13.7. The van der Waals surface area contributed by atoms with Crippen LogP contribution < -0.4 is 10.2 Å². The van der Waals surface area contributed by atoms with Gasteiger partial charge in [-0.1, -0.05) is 12.1 Å². The van der Waals surface area contributed by atoms with Gasteiger partial charge in [-0.15, -0.1) is 0 Å². The number of nitrogens with zero attached hydrogens (tertiary/aromatic N) is 1. The predicted octanol–water partition coefficient (Wildman–Crippen LogP) is 3.64. The van der Waals surface area contributed by atoms with Crippen molar-refractivity contribution in [3.05, 3.63) is 65.5 Å². The summed E-state index contributed by atoms with van der Waals surface area (Å²) in [5, 5.41) is 2.89. The molecule has 0 saturated heterocycles. The molecule has 3 nitrogen and oxygen atoms in total. The van der Waals surface area contributed by atoms with Gasteiger partial charge >= 0.3 is 0 Å². The number of rotatable bonds is 7. The molecule has 2 rings (SSSR count). The number of hydrogen-bond acceptors (Lipinski definition) is 2. The van der Waals surface area contributed by atoms with E-state index in [1.807, 2.05) is 24.3 Å². The van der Waals surface area contributed by atoms with Crippen molar-refractivity contribution in [2.24, 2.45) is 0 Å². The molecule has 0 aliphatic carbocycles. The van der Waals surface area contributed by atoms with Gasteiger partial charge < -0.3 is 10.2 Å². The van der Waals surface area contributed by atoms with E-state index in [4.69, 9.17) is 0 Å². The van der Waals surface area contributed by atoms with Gasteiger partial charge in [-0.2, -0.15) is 0 Å². The largest absolute Gasteiger partial charge is 0.372 e. The lowest BCUT2D eigenvalue weighted by molar-refractivity contribution is 0.0954. The highest BCUT2D eigenvalue weighted by Gasteiger charge is 2.07. The van der Waals surface area contributed by atoms with Crippen LogP contribution in [0.4, 0.5) is 10.1 Å². The Hall–Kier alpha value is -2.36. The molecule has 2 aromatic rings. The number of halogens is 1. The number of amides is 1. The maximum absolute atomic E-state index is 12.8. The van der Waals surface area contributed by atoms with Crippen molar-refractivity contribution in [3.63, 3.8) is 0 Å². The number of anilines is 1. The molecular formula is C19H23FN2O. The van der Waals surface area contributed by atoms with E-state index in [-0.39, 0.29) is 11.7 Å². The van der Waals surface area contributed by atoms with Gasteiger partial charge in [-0.25, -0.2) is 4.39 Å². The Balaban J connectivity index is 1.86. The minimum Gasteiger partial charge on any atom is -0.372 e. The van der Waals surface area contributed by atoms with Crippen molar-refractivity contribution in [1.82, 2.24) is 5.32 Å². The fraction of sp³-hybridized carbons (Fsp3) is 0.316. The van der Waals surface area contributed by atoms with Crippen molar-refractivity contribution < 1.29 is 9.18 Å². The van der Waals surface area contributed by atoms with Gasteiger partial charge in [0.1, 0.15) is 5.82 Å². The molecule has 23 heavy (non-hydrogen) atoms. The van der Waals surface area contributed by atoms with Crippen molar-refractivity contribution in [2.75, 3.05) is 24.5 Å². The van der Waals surface area contributed by atoms with Gasteiger partial charge in [0.15, 0.2) is 0 Å². The highest BCUT2D eigenvalue weighted by Crippen LogP contribution is 2.14. The molecule has 0 unspecified atom stereocenters. The third-order valence-electron chi connectivity index (χ3n) is 3.87. The minimum atomic E-state index is -0.244. The second kappa shape index (κ2) is 8.32. The predicted molar refractivity (Wildman–Crippen MR) is 92.4 cm³/mol. The van der Waals surface area contributed by atoms with Gasteiger partial charge in [-0.05, 0) is 62.2 Å². The zero-order chi connectivity index (χ0) is 16.7. The van der Waals surface area contributed by atoms with E-state index in [0.29, 0.717) is 18.5 Å². The average molecular weight is 314 g/mol. The summed E-state index contributed by atoms with van der Waals surface area (Å²) in [7, 11) is 0. The molecule has 0 bridgehead atoms. The molecular weight excluding hydrogens is 291 g/mol. The van der Waals surface area contributed by atoms with Crippen LogP contribution in [-0.2, 0) is 6.42 Å². The molecule has 4 heteroatoms. The monoisotopic (exact) mass is 314 g/mol. The normalized spacial score (nSPS) is 10.4. The lowest BCUT2D eigenvalue weighted by Crippen LogP contribution is -2.26. The number of benzene rings is 2. The van der Waals surface area contributed by atoms with E-state index >= 15 is 0 Å². The van der Waals surface area contributed by atoms with Crippen molar-refractivity contribution in [2.45, 2.75) is 20.3 Å². The molecule has 0 aliphatic heterocycles. The van der Waals surface area contributed by atoms with Crippen LogP contribution in [0.15, 0.2) is 48.5 Å². The first-order valence-corrected chi connectivity index (χ1v) is 8.01. The van der Waals surface area contributed by atoms with E-state index in [9.17, 15) is 9.18 Å². The van der Waals surface area contributed by atoms with Crippen LogP contribution in [-0.4, -0.2) is 25.5 Å². The third-order valence-corrected chi connectivity index (χ3v) is 3.87. The molecule has 0 aromatic heterocycles. The quantitative estimate of drug-likeness (QED) is 0.846. The summed E-state index contributed by atoms with van der Waals surface area (Å²) in [5.74, 6) is -0.329. The molecule has 0 heterocycles. The molecule has 2 aromatic carbocycles. The van der Waals surface area contributed by atoms with E-state index in [1.165, 1.54) is 12.1 Å². The zero-order valence-corrected chi connectivity index (χ0v) is 13.7. The molecule has 1 amide bonds. The SMILES string of the molecule is CCN(CC)c1ccc(C(=O)NCCc2ccc(F)cc2)cc1. The summed E-state index contributed by atoms with van der Waals surface area (Å²) in [6.45, 7) is 6.64. The average Bonchev–Trinajstić information content (AvgIpc) is 2.58. The number of carbonyl (C=O) groups excluding carboxylic acids is 1. The summed E-state index contributed by atoms with van der Waals surface area (Å²) < 4.78 is 12.8. The van der Waals surface area contributed by atoms with Gasteiger partial charge in [-0.3, -0.25) is 4.79 Å². The van der Waals surface area contributed by atoms with E-state index in [2.05, 4.69) is 24.1 Å². The van der Waals surface area contributed by atoms with E-state index in [1.54, 1.807) is 12.1 Å². The molecule has 0 saturated carbocycles. The standard InChI is InChI=1S/C19H23FN2O/c1-3-22(4-2)18-11-7-16(8-12-18)19(23)21-14-13-15-5-9-17(20)10-6-15/h5-12H,3-4,13-14H2,1-2H3,(H,21,23). The first kappa shape index (κ1) is 17.0. The van der Waals surface area contributed by atoms with Gasteiger partial charge in [0, 0.05) is 30.9 Å². The first-order valence-electron chi connectivity index (χ1n) is 8.01. The van der Waals surface area contributed by atoms with Crippen LogP contribution in [0, 0.1) is 5.82 Å². The Morgan fingerprint density at radius 1 is 1.00 bits per heavy atom. The Labute approximate surface area is 137 Å². The lowest BCUT2D eigenvalue weighted by Gasteiger charge is -2.21. The van der Waals surface area contributed by atoms with Crippen LogP contribution in [0.2, 0.25) is 0 Å². The summed E-state index contributed by atoms with van der Waals surface area (Å²) >= 11 is 0. The van der Waals surface area contributed by atoms with Crippen LogP contribution in [0.25, 0.3) is 0 Å². The fourth-order valence-corrected chi connectivity index (χ4v) is 2.49. The summed E-state index contributed by atoms with van der Waals surface area (Å²) in [5.41, 5.74) is 2.78. The number of carbonyl (C=O) groups is 1. The van der Waals surface area contributed by atoms with Crippen molar-refractivity contribution >= 4 is 11.6 Å². The van der Waals surface area contributed by atoms with Gasteiger partial charge in [0.2, 0.25) is 0 Å². The molecule has 0 radical (unpaired) electrons. The Kier molecular flexibility index (Phi) is 6.15. The summed E-state index contributed by atoms with van der Waals surface area (Å²) in [4.78, 5) is 14.4. The van der Waals surface area contributed by atoms with Crippen molar-refractivity contribution in [3.8, 4) is 0 Å². The Morgan fingerprint density at radius 2 is 1.61 bits per heavy atom. The fourth-order valence-electron chi connectivity index (χ4n) is 2.49. The van der Waals surface area contributed by atoms with Crippen LogP contribution >= 0.6 is 0 Å². The molecule has 0 spiro atoms.